The maximum Gasteiger partial charge on any atom is 0.255 e. The van der Waals surface area contributed by atoms with Gasteiger partial charge in [0.05, 0.1) is 17.0 Å². The molecule has 1 aliphatic heterocycles. The Labute approximate surface area is 166 Å². The molecule has 6 heteroatoms. The number of benzene rings is 2. The fraction of sp³-hybridized carbons (Fsp3) is 0.409. The Morgan fingerprint density at radius 2 is 1.79 bits per heavy atom. The molecule has 0 radical (unpaired) electrons. The molecule has 0 bridgehead atoms. The van der Waals surface area contributed by atoms with E-state index in [4.69, 9.17) is 5.73 Å². The molecule has 0 aromatic heterocycles. The number of hydrogen-bond acceptors (Lipinski definition) is 5. The highest BCUT2D eigenvalue weighted by Gasteiger charge is 2.23. The summed E-state index contributed by atoms with van der Waals surface area (Å²) in [6, 6.07) is 15.1. The van der Waals surface area contributed by atoms with Crippen LogP contribution in [0.3, 0.4) is 0 Å². The summed E-state index contributed by atoms with van der Waals surface area (Å²) >= 11 is 0. The van der Waals surface area contributed by atoms with Crippen molar-refractivity contribution in [2.75, 3.05) is 36.0 Å². The van der Waals surface area contributed by atoms with Gasteiger partial charge in [-0.05, 0) is 63.1 Å². The molecule has 28 heavy (non-hydrogen) atoms. The average Bonchev–Trinajstić information content (AvgIpc) is 2.64. The van der Waals surface area contributed by atoms with E-state index in [1.54, 1.807) is 12.1 Å². The van der Waals surface area contributed by atoms with Crippen molar-refractivity contribution in [2.24, 2.45) is 0 Å². The molecule has 0 atom stereocenters. The van der Waals surface area contributed by atoms with E-state index < -0.39 is 5.60 Å². The van der Waals surface area contributed by atoms with Gasteiger partial charge < -0.3 is 26.4 Å². The molecule has 5 N–H and O–H groups in total. The Balaban J connectivity index is 1.51. The molecule has 0 saturated carbocycles. The molecule has 1 heterocycles. The van der Waals surface area contributed by atoms with Crippen LogP contribution in [0.1, 0.15) is 37.0 Å². The van der Waals surface area contributed by atoms with Gasteiger partial charge in [0.1, 0.15) is 0 Å². The number of amides is 1. The number of likely N-dealkylation sites (tertiary alicyclic amines) is 1. The number of aliphatic hydroxyl groups is 1. The zero-order valence-electron chi connectivity index (χ0n) is 16.6. The Kier molecular flexibility index (Phi) is 6.21. The van der Waals surface area contributed by atoms with Gasteiger partial charge in [0, 0.05) is 36.9 Å². The number of para-hydroxylation sites is 2. The van der Waals surface area contributed by atoms with Gasteiger partial charge >= 0.3 is 0 Å². The highest BCUT2D eigenvalue weighted by molar-refractivity contribution is 6.05. The van der Waals surface area contributed by atoms with Crippen LogP contribution >= 0.6 is 0 Å². The highest BCUT2D eigenvalue weighted by atomic mass is 16.3. The van der Waals surface area contributed by atoms with Crippen molar-refractivity contribution in [3.63, 3.8) is 0 Å². The van der Waals surface area contributed by atoms with Crippen LogP contribution in [0.25, 0.3) is 0 Å². The third-order valence-electron chi connectivity index (χ3n) is 4.92. The van der Waals surface area contributed by atoms with Gasteiger partial charge in [-0.1, -0.05) is 12.1 Å². The number of nitrogens with zero attached hydrogens (tertiary/aromatic N) is 1. The predicted molar refractivity (Wildman–Crippen MR) is 115 cm³/mol. The first-order valence-corrected chi connectivity index (χ1v) is 9.77. The van der Waals surface area contributed by atoms with E-state index in [2.05, 4.69) is 15.5 Å². The standard InChI is InChI=1S/C22H30N4O2/c1-22(2,28)15-26-13-11-18(12-14-26)24-17-9-7-16(8-10-17)21(27)25-20-6-4-3-5-19(20)23/h3-10,18,24,28H,11-15,23H2,1-2H3,(H,25,27). The number of nitrogens with one attached hydrogen (secondary N) is 2. The van der Waals surface area contributed by atoms with E-state index in [0.717, 1.165) is 31.6 Å². The van der Waals surface area contributed by atoms with Crippen LogP contribution in [0.5, 0.6) is 0 Å². The normalized spacial score (nSPS) is 16.0. The fourth-order valence-electron chi connectivity index (χ4n) is 3.54. The highest BCUT2D eigenvalue weighted by Crippen LogP contribution is 2.20. The zero-order valence-corrected chi connectivity index (χ0v) is 16.6. The lowest BCUT2D eigenvalue weighted by Gasteiger charge is -2.35. The van der Waals surface area contributed by atoms with Gasteiger partial charge in [-0.25, -0.2) is 0 Å². The van der Waals surface area contributed by atoms with Gasteiger partial charge in [-0.15, -0.1) is 0 Å². The number of anilines is 3. The van der Waals surface area contributed by atoms with Crippen LogP contribution in [0.2, 0.25) is 0 Å². The van der Waals surface area contributed by atoms with E-state index >= 15 is 0 Å². The summed E-state index contributed by atoms with van der Waals surface area (Å²) in [7, 11) is 0. The minimum Gasteiger partial charge on any atom is -0.397 e. The van der Waals surface area contributed by atoms with Gasteiger partial charge in [-0.2, -0.15) is 0 Å². The Morgan fingerprint density at radius 3 is 2.39 bits per heavy atom. The summed E-state index contributed by atoms with van der Waals surface area (Å²) in [6.07, 6.45) is 2.07. The first kappa shape index (κ1) is 20.2. The van der Waals surface area contributed by atoms with E-state index in [0.29, 0.717) is 29.5 Å². The lowest BCUT2D eigenvalue weighted by atomic mass is 10.0. The quantitative estimate of drug-likeness (QED) is 0.576. The topological polar surface area (TPSA) is 90.6 Å². The molecule has 0 aliphatic carbocycles. The van der Waals surface area contributed by atoms with Gasteiger partial charge in [0.2, 0.25) is 0 Å². The summed E-state index contributed by atoms with van der Waals surface area (Å²) < 4.78 is 0. The maximum absolute atomic E-state index is 12.4. The second-order valence-corrected chi connectivity index (χ2v) is 8.13. The summed E-state index contributed by atoms with van der Waals surface area (Å²) in [6.45, 7) is 6.35. The summed E-state index contributed by atoms with van der Waals surface area (Å²) in [5.41, 5.74) is 7.99. The van der Waals surface area contributed by atoms with Crippen molar-refractivity contribution in [1.29, 1.82) is 0 Å². The van der Waals surface area contributed by atoms with Crippen LogP contribution in [0.4, 0.5) is 17.1 Å². The van der Waals surface area contributed by atoms with Gasteiger partial charge in [-0.3, -0.25) is 4.79 Å². The molecule has 1 saturated heterocycles. The van der Waals surface area contributed by atoms with Crippen LogP contribution in [0.15, 0.2) is 48.5 Å². The molecule has 150 valence electrons. The molecule has 0 unspecified atom stereocenters. The number of carbonyl (C=O) groups excluding carboxylic acids is 1. The van der Waals surface area contributed by atoms with Crippen molar-refractivity contribution in [2.45, 2.75) is 38.3 Å². The Bertz CT molecular complexity index is 791. The van der Waals surface area contributed by atoms with Crippen LogP contribution in [-0.2, 0) is 0 Å². The minimum atomic E-state index is -0.652. The van der Waals surface area contributed by atoms with Crippen molar-refractivity contribution in [3.8, 4) is 0 Å². The lowest BCUT2D eigenvalue weighted by Crippen LogP contribution is -2.45. The molecule has 2 aromatic rings. The molecule has 0 spiro atoms. The molecule has 6 nitrogen and oxygen atoms in total. The monoisotopic (exact) mass is 382 g/mol. The second-order valence-electron chi connectivity index (χ2n) is 8.13. The van der Waals surface area contributed by atoms with Crippen molar-refractivity contribution >= 4 is 23.0 Å². The molecular formula is C22H30N4O2. The largest absolute Gasteiger partial charge is 0.397 e. The fourth-order valence-corrected chi connectivity index (χ4v) is 3.54. The van der Waals surface area contributed by atoms with Crippen molar-refractivity contribution < 1.29 is 9.90 Å². The van der Waals surface area contributed by atoms with Crippen LogP contribution in [0, 0.1) is 0 Å². The van der Waals surface area contributed by atoms with Gasteiger partial charge in [0.15, 0.2) is 0 Å². The van der Waals surface area contributed by atoms with E-state index in [-0.39, 0.29) is 5.91 Å². The van der Waals surface area contributed by atoms with E-state index in [1.165, 1.54) is 0 Å². The SMILES string of the molecule is CC(C)(O)CN1CCC(Nc2ccc(C(=O)Nc3ccccc3N)cc2)CC1. The molecule has 1 aliphatic rings. The lowest BCUT2D eigenvalue weighted by molar-refractivity contribution is 0.0291. The van der Waals surface area contributed by atoms with E-state index in [1.807, 2.05) is 50.2 Å². The molecular weight excluding hydrogens is 352 g/mol. The van der Waals surface area contributed by atoms with Crippen LogP contribution < -0.4 is 16.4 Å². The minimum absolute atomic E-state index is 0.177. The Morgan fingerprint density at radius 1 is 1.14 bits per heavy atom. The molecule has 2 aromatic carbocycles. The number of β-amino-alcohol motifs (C(OH)–C–C–N with tert-alkyl or cyclic N) is 1. The van der Waals surface area contributed by atoms with Crippen molar-refractivity contribution in [1.82, 2.24) is 4.90 Å². The Hall–Kier alpha value is -2.57. The first-order chi connectivity index (χ1) is 13.3. The average molecular weight is 383 g/mol. The van der Waals surface area contributed by atoms with Crippen LogP contribution in [-0.4, -0.2) is 47.2 Å². The number of rotatable bonds is 6. The zero-order chi connectivity index (χ0) is 20.1. The summed E-state index contributed by atoms with van der Waals surface area (Å²) in [5, 5.41) is 16.3. The summed E-state index contributed by atoms with van der Waals surface area (Å²) in [5.74, 6) is -0.177. The predicted octanol–water partition coefficient (Wildman–Crippen LogP) is 3.17. The first-order valence-electron chi connectivity index (χ1n) is 9.77. The number of nitrogens with two attached hydrogens (primary N) is 1. The maximum atomic E-state index is 12.4. The number of nitrogen functional groups attached to an aromatic ring is 1. The third-order valence-corrected chi connectivity index (χ3v) is 4.92. The number of piperidine rings is 1. The molecule has 3 rings (SSSR count). The number of hydrogen-bond donors (Lipinski definition) is 4. The van der Waals surface area contributed by atoms with Gasteiger partial charge in [0.25, 0.3) is 5.91 Å². The third kappa shape index (κ3) is 5.71. The second kappa shape index (κ2) is 8.63. The molecule has 1 fully saturated rings. The van der Waals surface area contributed by atoms with E-state index in [9.17, 15) is 9.90 Å². The molecule has 1 amide bonds. The summed E-state index contributed by atoms with van der Waals surface area (Å²) in [4.78, 5) is 14.7. The number of carbonyl (C=O) groups is 1. The van der Waals surface area contributed by atoms with Crippen molar-refractivity contribution in [3.05, 3.63) is 54.1 Å². The smallest absolute Gasteiger partial charge is 0.255 e.